The molecule has 0 aliphatic carbocycles. The van der Waals surface area contributed by atoms with Gasteiger partial charge in [0.25, 0.3) is 0 Å². The smallest absolute Gasteiger partial charge is 0.314 e. The zero-order chi connectivity index (χ0) is 11.0. The summed E-state index contributed by atoms with van der Waals surface area (Å²) in [6.07, 6.45) is 0. The van der Waals surface area contributed by atoms with E-state index in [-0.39, 0.29) is 11.1 Å². The summed E-state index contributed by atoms with van der Waals surface area (Å²) in [4.78, 5) is 26.7. The van der Waals surface area contributed by atoms with Crippen LogP contribution in [0.2, 0.25) is 5.02 Å². The molecule has 0 atom stereocenters. The summed E-state index contributed by atoms with van der Waals surface area (Å²) in [6.45, 7) is 0. The molecule has 0 saturated heterocycles. The van der Waals surface area contributed by atoms with Crippen LogP contribution in [0, 0.1) is 11.3 Å². The lowest BCUT2D eigenvalue weighted by Gasteiger charge is -1.99. The van der Waals surface area contributed by atoms with E-state index >= 15 is 0 Å². The predicted octanol–water partition coefficient (Wildman–Crippen LogP) is 0.741. The van der Waals surface area contributed by atoms with E-state index in [0.29, 0.717) is 10.5 Å². The molecule has 6 heteroatoms. The zero-order valence-corrected chi connectivity index (χ0v) is 8.05. The highest BCUT2D eigenvalue weighted by Gasteiger charge is 2.05. The number of aromatic amines is 2. The summed E-state index contributed by atoms with van der Waals surface area (Å²) >= 11 is 5.73. The highest BCUT2D eigenvalue weighted by Crippen LogP contribution is 2.18. The molecule has 0 amide bonds. The molecule has 2 aromatic rings. The van der Waals surface area contributed by atoms with E-state index in [2.05, 4.69) is 9.97 Å². The molecule has 0 aliphatic rings. The molecule has 15 heavy (non-hydrogen) atoms. The second kappa shape index (κ2) is 3.26. The van der Waals surface area contributed by atoms with Crippen LogP contribution in [0.1, 0.15) is 5.56 Å². The first kappa shape index (κ1) is 9.49. The Hall–Kier alpha value is -2.06. The zero-order valence-electron chi connectivity index (χ0n) is 7.30. The Labute approximate surface area is 87.9 Å². The van der Waals surface area contributed by atoms with Crippen molar-refractivity contribution in [2.45, 2.75) is 0 Å². The second-order valence-corrected chi connectivity index (χ2v) is 3.33. The van der Waals surface area contributed by atoms with Gasteiger partial charge in [-0.15, -0.1) is 0 Å². The van der Waals surface area contributed by atoms with Crippen LogP contribution < -0.4 is 11.1 Å². The lowest BCUT2D eigenvalue weighted by Crippen LogP contribution is -2.29. The summed E-state index contributed by atoms with van der Waals surface area (Å²) in [5.41, 5.74) is -0.726. The average Bonchev–Trinajstić information content (AvgIpc) is 2.19. The SMILES string of the molecule is N#Cc1cc(Cl)cc2[nH]c(=O)c(=O)[nH]c12. The number of nitrogens with one attached hydrogen (secondary N) is 2. The van der Waals surface area contributed by atoms with E-state index in [1.165, 1.54) is 12.1 Å². The average molecular weight is 222 g/mol. The highest BCUT2D eigenvalue weighted by atomic mass is 35.5. The fraction of sp³-hybridized carbons (Fsp3) is 0. The lowest BCUT2D eigenvalue weighted by molar-refractivity contribution is 1.14. The van der Waals surface area contributed by atoms with Crippen molar-refractivity contribution >= 4 is 22.6 Å². The molecule has 1 aromatic heterocycles. The summed E-state index contributed by atoms with van der Waals surface area (Å²) in [5.74, 6) is 0. The van der Waals surface area contributed by atoms with E-state index in [1.807, 2.05) is 6.07 Å². The van der Waals surface area contributed by atoms with E-state index in [4.69, 9.17) is 16.9 Å². The number of aromatic nitrogens is 2. The summed E-state index contributed by atoms with van der Waals surface area (Å²) in [6, 6.07) is 4.76. The fourth-order valence-corrected chi connectivity index (χ4v) is 1.50. The Kier molecular flexibility index (Phi) is 2.06. The summed E-state index contributed by atoms with van der Waals surface area (Å²) in [5, 5.41) is 9.12. The third-order valence-corrected chi connectivity index (χ3v) is 2.13. The van der Waals surface area contributed by atoms with Gasteiger partial charge in [-0.25, -0.2) is 0 Å². The molecule has 0 aliphatic heterocycles. The number of rotatable bonds is 0. The number of hydrogen-bond acceptors (Lipinski definition) is 3. The Morgan fingerprint density at radius 3 is 2.53 bits per heavy atom. The maximum atomic E-state index is 11.0. The van der Waals surface area contributed by atoms with Gasteiger partial charge >= 0.3 is 11.1 Å². The summed E-state index contributed by atoms with van der Waals surface area (Å²) < 4.78 is 0. The van der Waals surface area contributed by atoms with Gasteiger partial charge in [0.15, 0.2) is 0 Å². The molecule has 5 nitrogen and oxygen atoms in total. The lowest BCUT2D eigenvalue weighted by atomic mass is 10.2. The monoisotopic (exact) mass is 221 g/mol. The Bertz CT molecular complexity index is 693. The maximum Gasteiger partial charge on any atom is 0.314 e. The van der Waals surface area contributed by atoms with E-state index in [9.17, 15) is 9.59 Å². The number of fused-ring (bicyclic) bond motifs is 1. The van der Waals surface area contributed by atoms with Crippen molar-refractivity contribution in [1.29, 1.82) is 5.26 Å². The molecule has 0 radical (unpaired) electrons. The third kappa shape index (κ3) is 1.51. The second-order valence-electron chi connectivity index (χ2n) is 2.90. The molecule has 74 valence electrons. The van der Waals surface area contributed by atoms with Crippen LogP contribution in [0.25, 0.3) is 11.0 Å². The molecule has 0 unspecified atom stereocenters. The molecule has 0 bridgehead atoms. The van der Waals surface area contributed by atoms with Crippen LogP contribution in [0.15, 0.2) is 21.7 Å². The molecule has 0 spiro atoms. The van der Waals surface area contributed by atoms with Crippen molar-refractivity contribution < 1.29 is 0 Å². The van der Waals surface area contributed by atoms with Crippen molar-refractivity contribution in [3.05, 3.63) is 43.4 Å². The fourth-order valence-electron chi connectivity index (χ4n) is 1.28. The van der Waals surface area contributed by atoms with Gasteiger partial charge in [0.2, 0.25) is 0 Å². The first-order valence-electron chi connectivity index (χ1n) is 3.98. The van der Waals surface area contributed by atoms with Crippen LogP contribution in [0.4, 0.5) is 0 Å². The standard InChI is InChI=1S/C9H4ClN3O2/c10-5-1-4(3-11)7-6(2-5)12-8(14)9(15)13-7/h1-2H,(H,12,14)(H,13,15). The minimum atomic E-state index is -0.790. The Morgan fingerprint density at radius 2 is 1.87 bits per heavy atom. The molecular formula is C9H4ClN3O2. The number of H-pyrrole nitrogens is 2. The van der Waals surface area contributed by atoms with Crippen LogP contribution in [-0.4, -0.2) is 9.97 Å². The Morgan fingerprint density at radius 1 is 1.20 bits per heavy atom. The largest absolute Gasteiger partial charge is 0.316 e. The molecular weight excluding hydrogens is 218 g/mol. The minimum Gasteiger partial charge on any atom is -0.316 e. The normalized spacial score (nSPS) is 10.1. The number of hydrogen-bond donors (Lipinski definition) is 2. The minimum absolute atomic E-state index is 0.214. The number of benzene rings is 1. The molecule has 0 fully saturated rings. The van der Waals surface area contributed by atoms with E-state index in [1.54, 1.807) is 0 Å². The predicted molar refractivity (Wildman–Crippen MR) is 54.9 cm³/mol. The summed E-state index contributed by atoms with van der Waals surface area (Å²) in [7, 11) is 0. The van der Waals surface area contributed by atoms with Crippen molar-refractivity contribution in [1.82, 2.24) is 9.97 Å². The van der Waals surface area contributed by atoms with Gasteiger partial charge in [0.1, 0.15) is 6.07 Å². The molecule has 1 aromatic carbocycles. The molecule has 0 saturated carbocycles. The van der Waals surface area contributed by atoms with Crippen molar-refractivity contribution in [2.24, 2.45) is 0 Å². The van der Waals surface area contributed by atoms with Crippen molar-refractivity contribution in [2.75, 3.05) is 0 Å². The Balaban J connectivity index is 3.06. The number of halogens is 1. The molecule has 2 N–H and O–H groups in total. The van der Waals surface area contributed by atoms with Gasteiger partial charge in [0.05, 0.1) is 16.6 Å². The van der Waals surface area contributed by atoms with Gasteiger partial charge in [-0.3, -0.25) is 9.59 Å². The van der Waals surface area contributed by atoms with Gasteiger partial charge < -0.3 is 9.97 Å². The van der Waals surface area contributed by atoms with Crippen LogP contribution in [0.5, 0.6) is 0 Å². The van der Waals surface area contributed by atoms with E-state index < -0.39 is 11.1 Å². The maximum absolute atomic E-state index is 11.0. The first-order valence-corrected chi connectivity index (χ1v) is 4.35. The number of nitrogens with zero attached hydrogens (tertiary/aromatic N) is 1. The van der Waals surface area contributed by atoms with Gasteiger partial charge in [-0.2, -0.15) is 5.26 Å². The van der Waals surface area contributed by atoms with Crippen molar-refractivity contribution in [3.8, 4) is 6.07 Å². The molecule has 2 rings (SSSR count). The van der Waals surface area contributed by atoms with Crippen molar-refractivity contribution in [3.63, 3.8) is 0 Å². The van der Waals surface area contributed by atoms with Crippen LogP contribution in [0.3, 0.4) is 0 Å². The highest BCUT2D eigenvalue weighted by molar-refractivity contribution is 6.31. The quantitative estimate of drug-likeness (QED) is 0.643. The molecule has 1 heterocycles. The third-order valence-electron chi connectivity index (χ3n) is 1.92. The van der Waals surface area contributed by atoms with Gasteiger partial charge in [-0.1, -0.05) is 11.6 Å². The van der Waals surface area contributed by atoms with Gasteiger partial charge in [0, 0.05) is 5.02 Å². The topological polar surface area (TPSA) is 89.5 Å². The van der Waals surface area contributed by atoms with E-state index in [0.717, 1.165) is 0 Å². The van der Waals surface area contributed by atoms with Crippen LogP contribution in [-0.2, 0) is 0 Å². The van der Waals surface area contributed by atoms with Gasteiger partial charge in [-0.05, 0) is 12.1 Å². The number of nitriles is 1. The first-order chi connectivity index (χ1) is 7.11. The van der Waals surface area contributed by atoms with Crippen LogP contribution >= 0.6 is 11.6 Å².